The summed E-state index contributed by atoms with van der Waals surface area (Å²) >= 11 is 0. The molecule has 0 saturated carbocycles. The number of esters is 1. The van der Waals surface area contributed by atoms with E-state index in [1.807, 2.05) is 0 Å². The first-order valence-electron chi connectivity index (χ1n) is 10.2. The van der Waals surface area contributed by atoms with E-state index in [1.54, 1.807) is 0 Å². The number of carbonyl (C=O) groups is 2. The number of hydrogen-bond acceptors (Lipinski definition) is 9. The van der Waals surface area contributed by atoms with Crippen LogP contribution in [0.1, 0.15) is 26.3 Å². The molecule has 0 aromatic heterocycles. The van der Waals surface area contributed by atoms with Gasteiger partial charge in [-0.1, -0.05) is 0 Å². The Bertz CT molecular complexity index is 1330. The zero-order chi connectivity index (χ0) is 25.1. The van der Waals surface area contributed by atoms with E-state index in [9.17, 15) is 19.7 Å². The van der Waals surface area contributed by atoms with Crippen molar-refractivity contribution in [3.05, 3.63) is 87.2 Å². The lowest BCUT2D eigenvalue weighted by molar-refractivity contribution is -0.384. The Hall–Kier alpha value is -4.86. The summed E-state index contributed by atoms with van der Waals surface area (Å²) in [5.74, 6) is 0.303. The van der Waals surface area contributed by atoms with Crippen molar-refractivity contribution in [3.8, 4) is 28.7 Å². The summed E-state index contributed by atoms with van der Waals surface area (Å²) < 4.78 is 26.9. The Kier molecular flexibility index (Phi) is 6.36. The molecule has 1 aliphatic rings. The van der Waals surface area contributed by atoms with Gasteiger partial charge in [-0.2, -0.15) is 0 Å². The lowest BCUT2D eigenvalue weighted by Crippen LogP contribution is -2.09. The van der Waals surface area contributed by atoms with Crippen molar-refractivity contribution in [2.75, 3.05) is 21.3 Å². The number of nitro benzene ring substituents is 1. The topological polar surface area (TPSA) is 123 Å². The lowest BCUT2D eigenvalue weighted by Gasteiger charge is -2.13. The second kappa shape index (κ2) is 9.56. The minimum absolute atomic E-state index is 0.0435. The van der Waals surface area contributed by atoms with Crippen molar-refractivity contribution in [2.45, 2.75) is 0 Å². The fourth-order valence-corrected chi connectivity index (χ4v) is 3.44. The van der Waals surface area contributed by atoms with Gasteiger partial charge in [-0.3, -0.25) is 14.9 Å². The Morgan fingerprint density at radius 3 is 2.17 bits per heavy atom. The predicted molar refractivity (Wildman–Crippen MR) is 124 cm³/mol. The molecule has 0 saturated heterocycles. The summed E-state index contributed by atoms with van der Waals surface area (Å²) in [4.78, 5) is 35.7. The van der Waals surface area contributed by atoms with Crippen molar-refractivity contribution >= 4 is 23.5 Å². The first-order chi connectivity index (χ1) is 16.8. The highest BCUT2D eigenvalue weighted by molar-refractivity contribution is 6.14. The number of carbonyl (C=O) groups excluding carboxylic acids is 2. The number of Topliss-reactive ketones (excluding diaryl/α,β-unsaturated/α-hetero) is 1. The molecule has 0 bridgehead atoms. The first-order valence-corrected chi connectivity index (χ1v) is 10.2. The van der Waals surface area contributed by atoms with Crippen LogP contribution in [0.25, 0.3) is 6.08 Å². The summed E-state index contributed by atoms with van der Waals surface area (Å²) in [7, 11) is 4.32. The van der Waals surface area contributed by atoms with Gasteiger partial charge in [0, 0.05) is 18.2 Å². The molecule has 0 fully saturated rings. The molecule has 10 heteroatoms. The first kappa shape index (κ1) is 23.3. The van der Waals surface area contributed by atoms with Gasteiger partial charge in [-0.05, 0) is 48.0 Å². The van der Waals surface area contributed by atoms with E-state index in [0.29, 0.717) is 28.4 Å². The van der Waals surface area contributed by atoms with Crippen molar-refractivity contribution in [2.24, 2.45) is 0 Å². The molecule has 0 spiro atoms. The summed E-state index contributed by atoms with van der Waals surface area (Å²) in [6, 6.07) is 13.0. The fourth-order valence-electron chi connectivity index (χ4n) is 3.44. The van der Waals surface area contributed by atoms with Crippen molar-refractivity contribution < 1.29 is 38.2 Å². The van der Waals surface area contributed by atoms with Crippen LogP contribution < -0.4 is 23.7 Å². The van der Waals surface area contributed by atoms with Crippen LogP contribution in [-0.2, 0) is 0 Å². The van der Waals surface area contributed by atoms with Crippen molar-refractivity contribution in [1.82, 2.24) is 0 Å². The van der Waals surface area contributed by atoms with E-state index in [-0.39, 0.29) is 34.3 Å². The Morgan fingerprint density at radius 1 is 0.943 bits per heavy atom. The van der Waals surface area contributed by atoms with E-state index < -0.39 is 10.9 Å². The van der Waals surface area contributed by atoms with Crippen LogP contribution in [0.2, 0.25) is 0 Å². The molecule has 4 rings (SSSR count). The predicted octanol–water partition coefficient (Wildman–Crippen LogP) is 4.46. The average molecular weight is 477 g/mol. The normalized spacial score (nSPS) is 13.1. The maximum absolute atomic E-state index is 12.8. The smallest absolute Gasteiger partial charge is 0.343 e. The molecule has 178 valence electrons. The van der Waals surface area contributed by atoms with Crippen molar-refractivity contribution in [3.63, 3.8) is 0 Å². The van der Waals surface area contributed by atoms with Crippen LogP contribution in [0.5, 0.6) is 28.7 Å². The van der Waals surface area contributed by atoms with Gasteiger partial charge in [0.05, 0.1) is 37.4 Å². The Balaban J connectivity index is 1.55. The van der Waals surface area contributed by atoms with E-state index >= 15 is 0 Å². The Labute approximate surface area is 199 Å². The molecular formula is C25H19NO9. The number of ketones is 1. The third-order valence-corrected chi connectivity index (χ3v) is 5.15. The molecule has 1 heterocycles. The third kappa shape index (κ3) is 4.62. The summed E-state index contributed by atoms with van der Waals surface area (Å²) in [5, 5.41) is 10.8. The number of ether oxygens (including phenoxy) is 5. The number of nitrogens with zero attached hydrogens (tertiary/aromatic N) is 1. The number of fused-ring (bicyclic) bond motifs is 1. The molecule has 10 nitrogen and oxygen atoms in total. The number of hydrogen-bond donors (Lipinski definition) is 0. The SMILES string of the molecule is COc1cc(C(=O)Oc2ccc3c(c2)OC(=Cc2ccc([N+](=O)[O-])cc2)C3=O)cc(OC)c1OC. The van der Waals surface area contributed by atoms with E-state index in [1.165, 1.54) is 82.0 Å². The van der Waals surface area contributed by atoms with Gasteiger partial charge in [-0.25, -0.2) is 4.79 Å². The molecular weight excluding hydrogens is 458 g/mol. The van der Waals surface area contributed by atoms with Crippen LogP contribution in [-0.4, -0.2) is 38.0 Å². The molecule has 0 N–H and O–H groups in total. The number of rotatable bonds is 7. The largest absolute Gasteiger partial charge is 0.493 e. The summed E-state index contributed by atoms with van der Waals surface area (Å²) in [5.41, 5.74) is 0.954. The van der Waals surface area contributed by atoms with Gasteiger partial charge in [0.2, 0.25) is 11.5 Å². The molecule has 0 atom stereocenters. The highest BCUT2D eigenvalue weighted by Crippen LogP contribution is 2.39. The minimum Gasteiger partial charge on any atom is -0.493 e. The standard InChI is InChI=1S/C25H19NO9/c1-31-21-11-15(12-22(32-2)24(21)33-3)25(28)34-17-8-9-18-19(13-17)35-20(23(18)27)10-14-4-6-16(7-5-14)26(29)30/h4-13H,1-3H3. The zero-order valence-corrected chi connectivity index (χ0v) is 18.9. The number of allylic oxidation sites excluding steroid dienone is 1. The van der Waals surface area contributed by atoms with Gasteiger partial charge < -0.3 is 23.7 Å². The molecule has 0 unspecified atom stereocenters. The average Bonchev–Trinajstić information content (AvgIpc) is 3.17. The van der Waals surface area contributed by atoms with Gasteiger partial charge >= 0.3 is 5.97 Å². The number of nitro groups is 1. The molecule has 0 aliphatic carbocycles. The fraction of sp³-hybridized carbons (Fsp3) is 0.120. The second-order valence-electron chi connectivity index (χ2n) is 7.25. The second-order valence-corrected chi connectivity index (χ2v) is 7.25. The number of benzene rings is 3. The quantitative estimate of drug-likeness (QED) is 0.160. The highest BCUT2D eigenvalue weighted by Gasteiger charge is 2.28. The molecule has 35 heavy (non-hydrogen) atoms. The van der Waals surface area contributed by atoms with Crippen LogP contribution in [0.3, 0.4) is 0 Å². The zero-order valence-electron chi connectivity index (χ0n) is 18.9. The molecule has 0 radical (unpaired) electrons. The van der Waals surface area contributed by atoms with E-state index in [4.69, 9.17) is 23.7 Å². The highest BCUT2D eigenvalue weighted by atomic mass is 16.6. The molecule has 1 aliphatic heterocycles. The van der Waals surface area contributed by atoms with Crippen LogP contribution >= 0.6 is 0 Å². The number of non-ortho nitro benzene ring substituents is 1. The summed E-state index contributed by atoms with van der Waals surface area (Å²) in [6.45, 7) is 0. The third-order valence-electron chi connectivity index (χ3n) is 5.15. The van der Waals surface area contributed by atoms with Crippen molar-refractivity contribution in [1.29, 1.82) is 0 Å². The molecule has 3 aromatic carbocycles. The van der Waals surface area contributed by atoms with E-state index in [2.05, 4.69) is 0 Å². The Morgan fingerprint density at radius 2 is 1.60 bits per heavy atom. The summed E-state index contributed by atoms with van der Waals surface area (Å²) in [6.07, 6.45) is 1.48. The lowest BCUT2D eigenvalue weighted by atomic mass is 10.1. The molecule has 3 aromatic rings. The number of methoxy groups -OCH3 is 3. The maximum Gasteiger partial charge on any atom is 0.343 e. The van der Waals surface area contributed by atoms with E-state index in [0.717, 1.165) is 0 Å². The van der Waals surface area contributed by atoms with Gasteiger partial charge in [0.1, 0.15) is 11.5 Å². The van der Waals surface area contributed by atoms with Gasteiger partial charge in [0.25, 0.3) is 5.69 Å². The maximum atomic E-state index is 12.8. The van der Waals surface area contributed by atoms with Gasteiger partial charge in [0.15, 0.2) is 17.3 Å². The monoisotopic (exact) mass is 477 g/mol. The van der Waals surface area contributed by atoms with Crippen LogP contribution in [0, 0.1) is 10.1 Å². The molecule has 0 amide bonds. The minimum atomic E-state index is -0.685. The van der Waals surface area contributed by atoms with Crippen LogP contribution in [0.15, 0.2) is 60.4 Å². The van der Waals surface area contributed by atoms with Gasteiger partial charge in [-0.15, -0.1) is 0 Å². The van der Waals surface area contributed by atoms with Crippen LogP contribution in [0.4, 0.5) is 5.69 Å².